The smallest absolute Gasteiger partial charge is 0.125 e. The third-order valence-corrected chi connectivity index (χ3v) is 2.44. The molecule has 2 N–H and O–H groups in total. The summed E-state index contributed by atoms with van der Waals surface area (Å²) in [5, 5.41) is 18.9. The highest BCUT2D eigenvalue weighted by Crippen LogP contribution is 2.26. The molecule has 0 amide bonds. The van der Waals surface area contributed by atoms with E-state index in [-0.39, 0.29) is 0 Å². The summed E-state index contributed by atoms with van der Waals surface area (Å²) < 4.78 is 0. The molecule has 1 unspecified atom stereocenters. The Bertz CT molecular complexity index is 249. The molecule has 1 saturated carbocycles. The molecule has 0 aromatic heterocycles. The minimum absolute atomic E-state index is 0.467. The van der Waals surface area contributed by atoms with Crippen LogP contribution < -0.4 is 0 Å². The third kappa shape index (κ3) is 3.95. The summed E-state index contributed by atoms with van der Waals surface area (Å²) in [4.78, 5) is 0. The Hall–Kier alpha value is -0.780. The van der Waals surface area contributed by atoms with Gasteiger partial charge in [0.2, 0.25) is 0 Å². The first-order valence-electron chi connectivity index (χ1n) is 5.22. The number of aliphatic hydroxyl groups is 2. The molecule has 0 aromatic rings. The van der Waals surface area contributed by atoms with Crippen LogP contribution in [0.5, 0.6) is 0 Å². The molecule has 1 rings (SSSR count). The maximum atomic E-state index is 9.97. The highest BCUT2D eigenvalue weighted by Gasteiger charge is 2.26. The molecule has 1 fully saturated rings. The Balaban J connectivity index is 2.48. The topological polar surface area (TPSA) is 40.5 Å². The van der Waals surface area contributed by atoms with Crippen molar-refractivity contribution in [3.8, 4) is 11.8 Å². The molecular weight excluding hydrogens is 176 g/mol. The highest BCUT2D eigenvalue weighted by atomic mass is 16.3. The van der Waals surface area contributed by atoms with Crippen LogP contribution in [0, 0.1) is 11.8 Å². The van der Waals surface area contributed by atoms with Crippen LogP contribution in [-0.2, 0) is 0 Å². The summed E-state index contributed by atoms with van der Waals surface area (Å²) in [7, 11) is 0. The molecule has 0 aliphatic heterocycles. The zero-order valence-electron chi connectivity index (χ0n) is 8.66. The van der Waals surface area contributed by atoms with Crippen molar-refractivity contribution < 1.29 is 10.2 Å². The molecular formula is C12H18O2. The number of hydrogen-bond donors (Lipinski definition) is 2. The first-order valence-corrected chi connectivity index (χ1v) is 5.22. The maximum absolute atomic E-state index is 9.97. The minimum Gasteiger partial charge on any atom is -0.389 e. The summed E-state index contributed by atoms with van der Waals surface area (Å²) in [5.74, 6) is 5.65. The van der Waals surface area contributed by atoms with E-state index in [4.69, 9.17) is 5.11 Å². The standard InChI is InChI=1S/C12H18O2/c1-11(13)7-3-6-10-12(14)8-4-2-5-9-12/h3,7,11,13-14H,2,4-5,8-9H2,1H3/b7-3+. The molecule has 0 aromatic carbocycles. The largest absolute Gasteiger partial charge is 0.389 e. The summed E-state index contributed by atoms with van der Waals surface area (Å²) in [5.41, 5.74) is -0.777. The predicted octanol–water partition coefficient (Wildman–Crippen LogP) is 1.62. The van der Waals surface area contributed by atoms with Crippen LogP contribution in [0.1, 0.15) is 39.0 Å². The van der Waals surface area contributed by atoms with Gasteiger partial charge >= 0.3 is 0 Å². The Morgan fingerprint density at radius 1 is 1.29 bits per heavy atom. The van der Waals surface area contributed by atoms with E-state index in [2.05, 4.69) is 11.8 Å². The van der Waals surface area contributed by atoms with Crippen molar-refractivity contribution in [3.63, 3.8) is 0 Å². The Kier molecular flexibility index (Phi) is 4.19. The number of rotatable bonds is 1. The van der Waals surface area contributed by atoms with Crippen molar-refractivity contribution in [1.29, 1.82) is 0 Å². The molecule has 2 heteroatoms. The highest BCUT2D eigenvalue weighted by molar-refractivity contribution is 5.23. The van der Waals surface area contributed by atoms with Gasteiger partial charge in [-0.25, -0.2) is 0 Å². The number of allylic oxidation sites excluding steroid dienone is 1. The Labute approximate surface area is 85.6 Å². The van der Waals surface area contributed by atoms with Gasteiger partial charge in [0.05, 0.1) is 6.10 Å². The molecule has 0 radical (unpaired) electrons. The molecule has 0 spiro atoms. The van der Waals surface area contributed by atoms with Gasteiger partial charge in [-0.15, -0.1) is 0 Å². The van der Waals surface area contributed by atoms with Gasteiger partial charge < -0.3 is 10.2 Å². The van der Waals surface area contributed by atoms with Crippen molar-refractivity contribution in [2.45, 2.75) is 50.7 Å². The fourth-order valence-corrected chi connectivity index (χ4v) is 1.63. The van der Waals surface area contributed by atoms with Crippen molar-refractivity contribution in [1.82, 2.24) is 0 Å². The first kappa shape index (κ1) is 11.3. The fourth-order valence-electron chi connectivity index (χ4n) is 1.63. The van der Waals surface area contributed by atoms with Crippen LogP contribution >= 0.6 is 0 Å². The van der Waals surface area contributed by atoms with Gasteiger partial charge in [0.25, 0.3) is 0 Å². The zero-order valence-corrected chi connectivity index (χ0v) is 8.66. The van der Waals surface area contributed by atoms with Gasteiger partial charge in [0, 0.05) is 0 Å². The van der Waals surface area contributed by atoms with Crippen molar-refractivity contribution in [2.75, 3.05) is 0 Å². The maximum Gasteiger partial charge on any atom is 0.125 e. The number of aliphatic hydroxyl groups excluding tert-OH is 1. The predicted molar refractivity (Wildman–Crippen MR) is 56.6 cm³/mol. The second-order valence-corrected chi connectivity index (χ2v) is 3.96. The van der Waals surface area contributed by atoms with E-state index in [0.717, 1.165) is 25.7 Å². The third-order valence-electron chi connectivity index (χ3n) is 2.44. The van der Waals surface area contributed by atoms with Gasteiger partial charge in [-0.2, -0.15) is 0 Å². The second-order valence-electron chi connectivity index (χ2n) is 3.96. The van der Waals surface area contributed by atoms with E-state index in [1.165, 1.54) is 6.42 Å². The molecule has 1 atom stereocenters. The summed E-state index contributed by atoms with van der Waals surface area (Å²) in [6.07, 6.45) is 7.64. The van der Waals surface area contributed by atoms with Crippen LogP contribution in [0.15, 0.2) is 12.2 Å². The van der Waals surface area contributed by atoms with Crippen LogP contribution in [0.25, 0.3) is 0 Å². The van der Waals surface area contributed by atoms with Gasteiger partial charge in [0.1, 0.15) is 5.60 Å². The Morgan fingerprint density at radius 3 is 2.50 bits per heavy atom. The lowest BCUT2D eigenvalue weighted by Gasteiger charge is -2.26. The van der Waals surface area contributed by atoms with Crippen LogP contribution in [0.4, 0.5) is 0 Å². The summed E-state index contributed by atoms with van der Waals surface area (Å²) >= 11 is 0. The van der Waals surface area contributed by atoms with E-state index in [0.29, 0.717) is 0 Å². The average molecular weight is 194 g/mol. The van der Waals surface area contributed by atoms with Crippen molar-refractivity contribution in [2.24, 2.45) is 0 Å². The lowest BCUT2D eigenvalue weighted by atomic mass is 9.85. The average Bonchev–Trinajstić information content (AvgIpc) is 2.14. The van der Waals surface area contributed by atoms with E-state index in [1.54, 1.807) is 19.1 Å². The van der Waals surface area contributed by atoms with E-state index in [1.807, 2.05) is 0 Å². The van der Waals surface area contributed by atoms with Crippen molar-refractivity contribution >= 4 is 0 Å². The minimum atomic E-state index is -0.777. The van der Waals surface area contributed by atoms with Crippen LogP contribution in [0.3, 0.4) is 0 Å². The molecule has 0 saturated heterocycles. The van der Waals surface area contributed by atoms with Gasteiger partial charge in [0.15, 0.2) is 0 Å². The second kappa shape index (κ2) is 5.19. The molecule has 0 bridgehead atoms. The molecule has 14 heavy (non-hydrogen) atoms. The van der Waals surface area contributed by atoms with E-state index in [9.17, 15) is 5.11 Å². The van der Waals surface area contributed by atoms with Gasteiger partial charge in [-0.3, -0.25) is 0 Å². The van der Waals surface area contributed by atoms with Gasteiger partial charge in [-0.05, 0) is 44.8 Å². The lowest BCUT2D eigenvalue weighted by molar-refractivity contribution is 0.0610. The normalized spacial score (nSPS) is 22.8. The van der Waals surface area contributed by atoms with E-state index >= 15 is 0 Å². The molecule has 0 heterocycles. The molecule has 2 nitrogen and oxygen atoms in total. The SMILES string of the molecule is CC(O)/C=C/C#CC1(O)CCCCC1. The van der Waals surface area contributed by atoms with Crippen LogP contribution in [0.2, 0.25) is 0 Å². The first-order chi connectivity index (χ1) is 6.62. The van der Waals surface area contributed by atoms with Crippen molar-refractivity contribution in [3.05, 3.63) is 12.2 Å². The summed E-state index contributed by atoms with van der Waals surface area (Å²) in [6, 6.07) is 0. The van der Waals surface area contributed by atoms with Crippen LogP contribution in [-0.4, -0.2) is 21.9 Å². The molecule has 1 aliphatic carbocycles. The van der Waals surface area contributed by atoms with Gasteiger partial charge in [-0.1, -0.05) is 18.3 Å². The lowest BCUT2D eigenvalue weighted by Crippen LogP contribution is -2.29. The fraction of sp³-hybridized carbons (Fsp3) is 0.667. The molecule has 1 aliphatic rings. The monoisotopic (exact) mass is 194 g/mol. The van der Waals surface area contributed by atoms with E-state index < -0.39 is 11.7 Å². The summed E-state index contributed by atoms with van der Waals surface area (Å²) in [6.45, 7) is 1.67. The number of hydrogen-bond acceptors (Lipinski definition) is 2. The Morgan fingerprint density at radius 2 is 1.93 bits per heavy atom. The molecule has 78 valence electrons. The zero-order chi connectivity index (χ0) is 10.4. The quantitative estimate of drug-likeness (QED) is 0.623.